The molecule has 0 atom stereocenters. The minimum absolute atomic E-state index is 0.0672. The van der Waals surface area contributed by atoms with Gasteiger partial charge in [0.2, 0.25) is 0 Å². The van der Waals surface area contributed by atoms with Gasteiger partial charge in [-0.25, -0.2) is 0 Å². The van der Waals surface area contributed by atoms with Gasteiger partial charge < -0.3 is 15.0 Å². The number of hydrogen-bond acceptors (Lipinski definition) is 2. The van der Waals surface area contributed by atoms with Crippen molar-refractivity contribution in [3.05, 3.63) is 72.3 Å². The second-order valence-electron chi connectivity index (χ2n) is 5.43. The van der Waals surface area contributed by atoms with E-state index < -0.39 is 0 Å². The van der Waals surface area contributed by atoms with Gasteiger partial charge in [-0.3, -0.25) is 4.79 Å². The molecule has 0 aliphatic heterocycles. The number of rotatable bonds is 5. The number of methoxy groups -OCH3 is 1. The fourth-order valence-corrected chi connectivity index (χ4v) is 2.56. The average molecular weight is 307 g/mol. The van der Waals surface area contributed by atoms with Crippen molar-refractivity contribution in [2.45, 2.75) is 6.42 Å². The Morgan fingerprint density at radius 3 is 2.74 bits per heavy atom. The predicted molar refractivity (Wildman–Crippen MR) is 91.8 cm³/mol. The van der Waals surface area contributed by atoms with E-state index in [2.05, 4.69) is 17.2 Å². The molecular formula is C19H19N2O2. The molecule has 23 heavy (non-hydrogen) atoms. The third-order valence-corrected chi connectivity index (χ3v) is 3.87. The molecule has 1 radical (unpaired) electrons. The molecule has 1 amide bonds. The smallest absolute Gasteiger partial charge is 0.251 e. The van der Waals surface area contributed by atoms with E-state index in [9.17, 15) is 4.79 Å². The number of carbonyl (C=O) groups is 1. The third kappa shape index (κ3) is 3.37. The number of aromatic amines is 1. The second kappa shape index (κ2) is 6.57. The Hall–Kier alpha value is -2.75. The number of fused-ring (bicyclic) bond motifs is 1. The standard InChI is InChI=1S/C19H19N2O2/c1-13-3-5-14(6-4-13)19(22)20-10-9-15-12-21-18-8-7-16(23-2)11-17(15)18/h3-8,11-12,21H,1,9-10H2,2H3,(H,20,22). The Morgan fingerprint density at radius 1 is 1.22 bits per heavy atom. The molecule has 0 spiro atoms. The summed E-state index contributed by atoms with van der Waals surface area (Å²) < 4.78 is 5.27. The van der Waals surface area contributed by atoms with Crippen molar-refractivity contribution < 1.29 is 9.53 Å². The van der Waals surface area contributed by atoms with Crippen molar-refractivity contribution in [3.8, 4) is 5.75 Å². The molecule has 3 aromatic rings. The SMILES string of the molecule is [CH2]c1ccc(C(=O)NCCc2c[nH]c3ccc(OC)cc23)cc1. The average Bonchev–Trinajstić information content (AvgIpc) is 2.97. The largest absolute Gasteiger partial charge is 0.497 e. The number of carbonyl (C=O) groups excluding carboxylic acids is 1. The maximum atomic E-state index is 12.1. The van der Waals surface area contributed by atoms with Gasteiger partial charge in [0.05, 0.1) is 7.11 Å². The normalized spacial score (nSPS) is 10.7. The van der Waals surface area contributed by atoms with E-state index in [1.807, 2.05) is 36.5 Å². The van der Waals surface area contributed by atoms with Crippen molar-refractivity contribution in [1.82, 2.24) is 10.3 Å². The maximum absolute atomic E-state index is 12.1. The number of aromatic nitrogens is 1. The maximum Gasteiger partial charge on any atom is 0.251 e. The minimum Gasteiger partial charge on any atom is -0.497 e. The Kier molecular flexibility index (Phi) is 4.33. The molecule has 4 nitrogen and oxygen atoms in total. The lowest BCUT2D eigenvalue weighted by atomic mass is 10.1. The first-order valence-corrected chi connectivity index (χ1v) is 7.51. The van der Waals surface area contributed by atoms with Crippen molar-refractivity contribution in [1.29, 1.82) is 0 Å². The van der Waals surface area contributed by atoms with Crippen LogP contribution in [0.15, 0.2) is 48.7 Å². The van der Waals surface area contributed by atoms with Crippen molar-refractivity contribution in [3.63, 3.8) is 0 Å². The summed E-state index contributed by atoms with van der Waals surface area (Å²) in [7, 11) is 1.66. The molecule has 0 aliphatic carbocycles. The molecule has 4 heteroatoms. The van der Waals surface area contributed by atoms with Crippen LogP contribution in [0.1, 0.15) is 21.5 Å². The minimum atomic E-state index is -0.0672. The summed E-state index contributed by atoms with van der Waals surface area (Å²) in [5.41, 5.74) is 3.78. The lowest BCUT2D eigenvalue weighted by Gasteiger charge is -2.06. The molecule has 1 heterocycles. The monoisotopic (exact) mass is 307 g/mol. The third-order valence-electron chi connectivity index (χ3n) is 3.87. The number of nitrogens with one attached hydrogen (secondary N) is 2. The van der Waals surface area contributed by atoms with Crippen LogP contribution in [0.4, 0.5) is 0 Å². The Labute approximate surface area is 135 Å². The van der Waals surface area contributed by atoms with E-state index in [-0.39, 0.29) is 5.91 Å². The van der Waals surface area contributed by atoms with E-state index in [0.717, 1.165) is 34.2 Å². The molecule has 2 aromatic carbocycles. The molecule has 1 aromatic heterocycles. The highest BCUT2D eigenvalue weighted by molar-refractivity contribution is 5.94. The lowest BCUT2D eigenvalue weighted by molar-refractivity contribution is 0.0954. The van der Waals surface area contributed by atoms with Crippen LogP contribution in [0.25, 0.3) is 10.9 Å². The first kappa shape index (κ1) is 15.2. The van der Waals surface area contributed by atoms with Crippen LogP contribution in [-0.4, -0.2) is 24.5 Å². The molecule has 0 fully saturated rings. The van der Waals surface area contributed by atoms with Gasteiger partial charge >= 0.3 is 0 Å². The van der Waals surface area contributed by atoms with Crippen LogP contribution in [-0.2, 0) is 6.42 Å². The molecule has 0 unspecified atom stereocenters. The van der Waals surface area contributed by atoms with Crippen LogP contribution in [0.5, 0.6) is 5.75 Å². The van der Waals surface area contributed by atoms with E-state index >= 15 is 0 Å². The summed E-state index contributed by atoms with van der Waals surface area (Å²) in [6, 6.07) is 13.2. The molecule has 0 aliphatic rings. The Morgan fingerprint density at radius 2 is 2.00 bits per heavy atom. The highest BCUT2D eigenvalue weighted by atomic mass is 16.5. The number of ether oxygens (including phenoxy) is 1. The zero-order chi connectivity index (χ0) is 16.2. The van der Waals surface area contributed by atoms with Gasteiger partial charge in [-0.05, 0) is 54.8 Å². The molecule has 2 N–H and O–H groups in total. The van der Waals surface area contributed by atoms with Crippen LogP contribution in [0.2, 0.25) is 0 Å². The molecule has 117 valence electrons. The number of H-pyrrole nitrogens is 1. The zero-order valence-corrected chi connectivity index (χ0v) is 13.1. The van der Waals surface area contributed by atoms with Crippen LogP contribution in [0.3, 0.4) is 0 Å². The van der Waals surface area contributed by atoms with E-state index in [4.69, 9.17) is 4.74 Å². The van der Waals surface area contributed by atoms with Gasteiger partial charge in [0.1, 0.15) is 5.75 Å². The first-order valence-electron chi connectivity index (χ1n) is 7.51. The summed E-state index contributed by atoms with van der Waals surface area (Å²) in [6.45, 7) is 4.39. The summed E-state index contributed by atoms with van der Waals surface area (Å²) in [6.07, 6.45) is 2.74. The Bertz CT molecular complexity index is 819. The fourth-order valence-electron chi connectivity index (χ4n) is 2.56. The summed E-state index contributed by atoms with van der Waals surface area (Å²) >= 11 is 0. The van der Waals surface area contributed by atoms with Gasteiger partial charge in [-0.2, -0.15) is 0 Å². The van der Waals surface area contributed by atoms with E-state index in [1.165, 1.54) is 0 Å². The number of hydrogen-bond donors (Lipinski definition) is 2. The van der Waals surface area contributed by atoms with Crippen molar-refractivity contribution >= 4 is 16.8 Å². The van der Waals surface area contributed by atoms with E-state index in [1.54, 1.807) is 19.2 Å². The quantitative estimate of drug-likeness (QED) is 0.759. The second-order valence-corrected chi connectivity index (χ2v) is 5.43. The van der Waals surface area contributed by atoms with Crippen molar-refractivity contribution in [2.24, 2.45) is 0 Å². The van der Waals surface area contributed by atoms with Crippen molar-refractivity contribution in [2.75, 3.05) is 13.7 Å². The molecular weight excluding hydrogens is 288 g/mol. The van der Waals surface area contributed by atoms with Crippen LogP contribution in [0, 0.1) is 6.92 Å². The topological polar surface area (TPSA) is 54.1 Å². The molecule has 0 bridgehead atoms. The van der Waals surface area contributed by atoms with Crippen LogP contribution >= 0.6 is 0 Å². The number of benzene rings is 2. The van der Waals surface area contributed by atoms with Gasteiger partial charge in [-0.1, -0.05) is 12.1 Å². The highest BCUT2D eigenvalue weighted by Gasteiger charge is 2.07. The summed E-state index contributed by atoms with van der Waals surface area (Å²) in [5.74, 6) is 0.762. The van der Waals surface area contributed by atoms with Gasteiger partial charge in [0.25, 0.3) is 5.91 Å². The first-order chi connectivity index (χ1) is 11.2. The predicted octanol–water partition coefficient (Wildman–Crippen LogP) is 3.33. The molecule has 3 rings (SSSR count). The fraction of sp³-hybridized carbons (Fsp3) is 0.158. The van der Waals surface area contributed by atoms with E-state index in [0.29, 0.717) is 12.1 Å². The lowest BCUT2D eigenvalue weighted by Crippen LogP contribution is -2.25. The summed E-state index contributed by atoms with van der Waals surface area (Å²) in [5, 5.41) is 4.07. The van der Waals surface area contributed by atoms with Crippen LogP contribution < -0.4 is 10.1 Å². The highest BCUT2D eigenvalue weighted by Crippen LogP contribution is 2.23. The van der Waals surface area contributed by atoms with Gasteiger partial charge in [0.15, 0.2) is 0 Å². The van der Waals surface area contributed by atoms with Gasteiger partial charge in [-0.15, -0.1) is 0 Å². The Balaban J connectivity index is 1.64. The summed E-state index contributed by atoms with van der Waals surface area (Å²) in [4.78, 5) is 15.3. The zero-order valence-electron chi connectivity index (χ0n) is 13.1. The molecule has 0 saturated heterocycles. The number of amides is 1. The van der Waals surface area contributed by atoms with Gasteiger partial charge in [0, 0.05) is 29.2 Å². The molecule has 0 saturated carbocycles.